The third kappa shape index (κ3) is 3.67. The van der Waals surface area contributed by atoms with E-state index in [1.54, 1.807) is 6.07 Å². The molecule has 122 valence electrons. The molecule has 3 nitrogen and oxygen atoms in total. The molecule has 2 unspecified atom stereocenters. The second-order valence-corrected chi connectivity index (χ2v) is 7.24. The van der Waals surface area contributed by atoms with Crippen LogP contribution in [0, 0.1) is 17.7 Å². The van der Waals surface area contributed by atoms with Gasteiger partial charge in [-0.2, -0.15) is 0 Å². The first-order chi connectivity index (χ1) is 10.6. The van der Waals surface area contributed by atoms with Crippen LogP contribution in [0.2, 0.25) is 0 Å². The van der Waals surface area contributed by atoms with Gasteiger partial charge in [-0.25, -0.2) is 4.39 Å². The molecule has 0 amide bonds. The number of halogens is 1. The van der Waals surface area contributed by atoms with Crippen LogP contribution in [0.5, 0.6) is 0 Å². The molecule has 1 aromatic carbocycles. The summed E-state index contributed by atoms with van der Waals surface area (Å²) >= 11 is 0. The van der Waals surface area contributed by atoms with Crippen molar-refractivity contribution in [3.05, 3.63) is 35.6 Å². The van der Waals surface area contributed by atoms with Crippen molar-refractivity contribution in [2.75, 3.05) is 26.2 Å². The van der Waals surface area contributed by atoms with E-state index in [1.807, 2.05) is 6.07 Å². The first kappa shape index (κ1) is 15.9. The second-order valence-electron chi connectivity index (χ2n) is 7.24. The summed E-state index contributed by atoms with van der Waals surface area (Å²) in [5.74, 6) is 1.65. The number of hydrogen-bond acceptors (Lipinski definition) is 3. The molecule has 0 bridgehead atoms. The zero-order chi connectivity index (χ0) is 15.5. The maximum atomic E-state index is 13.5. The number of likely N-dealkylation sites (tertiary alicyclic amines) is 1. The number of nitrogens with one attached hydrogen (secondary N) is 2. The highest BCUT2D eigenvalue weighted by Gasteiger charge is 2.36. The van der Waals surface area contributed by atoms with Gasteiger partial charge in [-0.1, -0.05) is 26.0 Å². The molecule has 22 heavy (non-hydrogen) atoms. The number of rotatable bonds is 4. The molecule has 2 fully saturated rings. The molecule has 2 aliphatic heterocycles. The zero-order valence-electron chi connectivity index (χ0n) is 13.7. The van der Waals surface area contributed by atoms with Crippen molar-refractivity contribution >= 4 is 0 Å². The first-order valence-electron chi connectivity index (χ1n) is 8.59. The van der Waals surface area contributed by atoms with Crippen LogP contribution >= 0.6 is 0 Å². The fourth-order valence-electron chi connectivity index (χ4n) is 4.03. The lowest BCUT2D eigenvalue weighted by Gasteiger charge is -2.37. The topological polar surface area (TPSA) is 27.3 Å². The molecule has 0 aromatic heterocycles. The maximum absolute atomic E-state index is 13.5. The highest BCUT2D eigenvalue weighted by atomic mass is 19.1. The van der Waals surface area contributed by atoms with Gasteiger partial charge in [-0.3, -0.25) is 10.9 Å². The molecular formula is C18H28FN3. The van der Waals surface area contributed by atoms with Gasteiger partial charge in [0.1, 0.15) is 5.82 Å². The fourth-order valence-corrected chi connectivity index (χ4v) is 4.03. The third-order valence-electron chi connectivity index (χ3n) is 5.06. The summed E-state index contributed by atoms with van der Waals surface area (Å²) < 4.78 is 13.5. The Morgan fingerprint density at radius 1 is 1.27 bits per heavy atom. The van der Waals surface area contributed by atoms with Crippen LogP contribution in [0.1, 0.15) is 38.2 Å². The van der Waals surface area contributed by atoms with Gasteiger partial charge in [0.25, 0.3) is 0 Å². The van der Waals surface area contributed by atoms with Crippen LogP contribution < -0.4 is 10.9 Å². The minimum atomic E-state index is -0.130. The molecule has 0 spiro atoms. The molecule has 2 saturated heterocycles. The Balaban J connectivity index is 1.62. The monoisotopic (exact) mass is 305 g/mol. The van der Waals surface area contributed by atoms with Crippen molar-refractivity contribution < 1.29 is 4.39 Å². The lowest BCUT2D eigenvalue weighted by atomic mass is 9.80. The molecule has 4 heteroatoms. The number of piperidine rings is 1. The van der Waals surface area contributed by atoms with E-state index in [1.165, 1.54) is 38.5 Å². The van der Waals surface area contributed by atoms with Gasteiger partial charge in [-0.05, 0) is 55.5 Å². The Hall–Kier alpha value is -0.970. The smallest absolute Gasteiger partial charge is 0.123 e. The number of benzene rings is 1. The van der Waals surface area contributed by atoms with E-state index >= 15 is 0 Å². The van der Waals surface area contributed by atoms with Crippen LogP contribution in [0.25, 0.3) is 0 Å². The summed E-state index contributed by atoms with van der Waals surface area (Å²) in [6.45, 7) is 9.05. The summed E-state index contributed by atoms with van der Waals surface area (Å²) in [6.07, 6.45) is 2.47. The highest BCUT2D eigenvalue weighted by Crippen LogP contribution is 2.32. The normalized spacial score (nSPS) is 27.6. The van der Waals surface area contributed by atoms with Gasteiger partial charge in [0.15, 0.2) is 0 Å². The lowest BCUT2D eigenvalue weighted by molar-refractivity contribution is 0.145. The first-order valence-corrected chi connectivity index (χ1v) is 8.59. The Morgan fingerprint density at radius 3 is 2.73 bits per heavy atom. The Bertz CT molecular complexity index is 483. The molecular weight excluding hydrogens is 277 g/mol. The molecule has 2 aliphatic rings. The third-order valence-corrected chi connectivity index (χ3v) is 5.06. The Morgan fingerprint density at radius 2 is 2.05 bits per heavy atom. The minimum Gasteiger partial charge on any atom is -0.303 e. The van der Waals surface area contributed by atoms with Gasteiger partial charge in [0.05, 0.1) is 0 Å². The predicted octanol–water partition coefficient (Wildman–Crippen LogP) is 2.75. The Labute approximate surface area is 133 Å². The maximum Gasteiger partial charge on any atom is 0.123 e. The van der Waals surface area contributed by atoms with Crippen molar-refractivity contribution in [2.24, 2.45) is 11.8 Å². The van der Waals surface area contributed by atoms with Gasteiger partial charge < -0.3 is 4.90 Å². The average molecular weight is 305 g/mol. The van der Waals surface area contributed by atoms with Crippen molar-refractivity contribution in [3.8, 4) is 0 Å². The van der Waals surface area contributed by atoms with Gasteiger partial charge in [0, 0.05) is 25.0 Å². The average Bonchev–Trinajstić information content (AvgIpc) is 2.97. The van der Waals surface area contributed by atoms with Crippen LogP contribution in [0.3, 0.4) is 0 Å². The number of hydrogen-bond donors (Lipinski definition) is 2. The van der Waals surface area contributed by atoms with E-state index < -0.39 is 0 Å². The van der Waals surface area contributed by atoms with Crippen LogP contribution in [0.4, 0.5) is 4.39 Å². The van der Waals surface area contributed by atoms with Gasteiger partial charge in [0.2, 0.25) is 0 Å². The molecule has 0 saturated carbocycles. The molecule has 2 N–H and O–H groups in total. The fraction of sp³-hybridized carbons (Fsp3) is 0.667. The van der Waals surface area contributed by atoms with E-state index in [2.05, 4.69) is 35.7 Å². The summed E-state index contributed by atoms with van der Waals surface area (Å²) in [7, 11) is 0. The van der Waals surface area contributed by atoms with Crippen molar-refractivity contribution in [1.82, 2.24) is 15.8 Å². The summed E-state index contributed by atoms with van der Waals surface area (Å²) in [4.78, 5) is 2.58. The zero-order valence-corrected chi connectivity index (χ0v) is 13.7. The van der Waals surface area contributed by atoms with E-state index in [-0.39, 0.29) is 5.82 Å². The van der Waals surface area contributed by atoms with Gasteiger partial charge >= 0.3 is 0 Å². The lowest BCUT2D eigenvalue weighted by Crippen LogP contribution is -2.44. The quantitative estimate of drug-likeness (QED) is 0.896. The van der Waals surface area contributed by atoms with Crippen LogP contribution in [0.15, 0.2) is 24.3 Å². The van der Waals surface area contributed by atoms with E-state index in [4.69, 9.17) is 0 Å². The second kappa shape index (κ2) is 7.07. The summed E-state index contributed by atoms with van der Waals surface area (Å²) in [5.41, 5.74) is 7.87. The van der Waals surface area contributed by atoms with Crippen molar-refractivity contribution in [1.29, 1.82) is 0 Å². The summed E-state index contributed by atoms with van der Waals surface area (Å²) in [6, 6.07) is 7.52. The van der Waals surface area contributed by atoms with E-state index in [9.17, 15) is 4.39 Å². The molecule has 1 aromatic rings. The standard InChI is InChI=1S/C18H28FN3/c1-13(2)12-22-8-6-14(7-9-22)18-17(11-20-21-18)15-4-3-5-16(19)10-15/h3-5,10,13-14,17-18,20-21H,6-9,11-12H2,1-2H3. The molecule has 2 heterocycles. The SMILES string of the molecule is CC(C)CN1CCC(C2NNCC2c2cccc(F)c2)CC1. The van der Waals surface area contributed by atoms with Crippen LogP contribution in [-0.2, 0) is 0 Å². The number of nitrogens with zero attached hydrogens (tertiary/aromatic N) is 1. The van der Waals surface area contributed by atoms with Gasteiger partial charge in [-0.15, -0.1) is 0 Å². The molecule has 0 aliphatic carbocycles. The summed E-state index contributed by atoms with van der Waals surface area (Å²) in [5, 5.41) is 0. The predicted molar refractivity (Wildman–Crippen MR) is 88.1 cm³/mol. The van der Waals surface area contributed by atoms with E-state index in [0.717, 1.165) is 18.0 Å². The number of hydrazine groups is 1. The highest BCUT2D eigenvalue weighted by molar-refractivity contribution is 5.24. The van der Waals surface area contributed by atoms with Crippen LogP contribution in [-0.4, -0.2) is 37.1 Å². The van der Waals surface area contributed by atoms with Crippen molar-refractivity contribution in [2.45, 2.75) is 38.6 Å². The largest absolute Gasteiger partial charge is 0.303 e. The molecule has 3 rings (SSSR count). The molecule has 2 atom stereocenters. The van der Waals surface area contributed by atoms with Crippen molar-refractivity contribution in [3.63, 3.8) is 0 Å². The Kier molecular flexibility index (Phi) is 5.11. The molecule has 0 radical (unpaired) electrons. The minimum absolute atomic E-state index is 0.130. The van der Waals surface area contributed by atoms with E-state index in [0.29, 0.717) is 17.9 Å².